The van der Waals surface area contributed by atoms with Crippen molar-refractivity contribution in [1.82, 2.24) is 10.2 Å². The van der Waals surface area contributed by atoms with Crippen LogP contribution < -0.4 is 5.32 Å². The second kappa shape index (κ2) is 11.3. The minimum atomic E-state index is -0.482. The number of amides is 1. The topological polar surface area (TPSA) is 80.2 Å². The number of benzene rings is 2. The Morgan fingerprint density at radius 1 is 1.11 bits per heavy atom. The summed E-state index contributed by atoms with van der Waals surface area (Å²) in [6.45, 7) is 2.51. The predicted octanol–water partition coefficient (Wildman–Crippen LogP) is 4.30. The molecule has 2 aliphatic rings. The molecule has 1 atom stereocenters. The third kappa shape index (κ3) is 5.80. The van der Waals surface area contributed by atoms with Gasteiger partial charge in [-0.15, -0.1) is 0 Å². The number of esters is 1. The highest BCUT2D eigenvalue weighted by Crippen LogP contribution is 2.44. The second-order valence-electron chi connectivity index (χ2n) is 8.01. The van der Waals surface area contributed by atoms with Gasteiger partial charge in [-0.05, 0) is 35.6 Å². The number of halogens is 1. The van der Waals surface area contributed by atoms with Gasteiger partial charge in [0.1, 0.15) is 12.4 Å². The summed E-state index contributed by atoms with van der Waals surface area (Å²) in [6.07, 6.45) is 0.0988. The van der Waals surface area contributed by atoms with Gasteiger partial charge in [0.15, 0.2) is 5.17 Å². The maximum Gasteiger partial charge on any atom is 0.338 e. The number of carbonyl (C=O) groups excluding carboxylic acids is 2. The van der Waals surface area contributed by atoms with Crippen molar-refractivity contribution < 1.29 is 23.5 Å². The summed E-state index contributed by atoms with van der Waals surface area (Å²) < 4.78 is 23.6. The normalized spacial score (nSPS) is 17.0. The first-order chi connectivity index (χ1) is 17.0. The standard InChI is InChI=1S/C26H26FN3O4S/c1-17-23(25(32)34-13-12-33-2)24(19-6-4-3-5-7-19)30-21(16-35-26(30)29-17)14-22(31)28-15-18-8-10-20(27)11-9-18/h3-11,16,24H,12-15H2,1-2H3,(H,28,31). The van der Waals surface area contributed by atoms with Crippen LogP contribution in [0.3, 0.4) is 0 Å². The summed E-state index contributed by atoms with van der Waals surface area (Å²) in [5.74, 6) is -0.977. The molecule has 7 nitrogen and oxygen atoms in total. The lowest BCUT2D eigenvalue weighted by Crippen LogP contribution is -2.38. The molecule has 182 valence electrons. The van der Waals surface area contributed by atoms with E-state index in [4.69, 9.17) is 9.47 Å². The lowest BCUT2D eigenvalue weighted by molar-refractivity contribution is -0.141. The lowest BCUT2D eigenvalue weighted by Gasteiger charge is -2.36. The highest BCUT2D eigenvalue weighted by atomic mass is 32.2. The SMILES string of the molecule is COCCOC(=O)C1=C(C)N=C2SC=C(CC(=O)NCc3ccc(F)cc3)N2C1c1ccccc1. The first kappa shape index (κ1) is 24.7. The van der Waals surface area contributed by atoms with E-state index in [1.807, 2.05) is 40.6 Å². The average molecular weight is 496 g/mol. The van der Waals surface area contributed by atoms with E-state index in [1.54, 1.807) is 26.2 Å². The van der Waals surface area contributed by atoms with Crippen LogP contribution >= 0.6 is 11.8 Å². The Morgan fingerprint density at radius 3 is 2.57 bits per heavy atom. The molecule has 2 aliphatic heterocycles. The van der Waals surface area contributed by atoms with Gasteiger partial charge in [-0.1, -0.05) is 54.2 Å². The van der Waals surface area contributed by atoms with E-state index in [9.17, 15) is 14.0 Å². The zero-order chi connectivity index (χ0) is 24.8. The number of hydrogen-bond donors (Lipinski definition) is 1. The zero-order valence-corrected chi connectivity index (χ0v) is 20.3. The maximum atomic E-state index is 13.1. The highest BCUT2D eigenvalue weighted by Gasteiger charge is 2.41. The van der Waals surface area contributed by atoms with Gasteiger partial charge in [0, 0.05) is 19.4 Å². The van der Waals surface area contributed by atoms with Gasteiger partial charge >= 0.3 is 5.97 Å². The zero-order valence-electron chi connectivity index (χ0n) is 19.5. The minimum Gasteiger partial charge on any atom is -0.460 e. The Kier molecular flexibility index (Phi) is 7.99. The van der Waals surface area contributed by atoms with Crippen molar-refractivity contribution in [1.29, 1.82) is 0 Å². The van der Waals surface area contributed by atoms with E-state index in [1.165, 1.54) is 23.9 Å². The summed E-state index contributed by atoms with van der Waals surface area (Å²) in [6, 6.07) is 15.1. The number of nitrogens with one attached hydrogen (secondary N) is 1. The largest absolute Gasteiger partial charge is 0.460 e. The first-order valence-electron chi connectivity index (χ1n) is 11.1. The van der Waals surface area contributed by atoms with Crippen molar-refractivity contribution in [2.24, 2.45) is 4.99 Å². The number of nitrogens with zero attached hydrogens (tertiary/aromatic N) is 2. The summed E-state index contributed by atoms with van der Waals surface area (Å²) in [5.41, 5.74) is 3.43. The third-order valence-electron chi connectivity index (χ3n) is 5.60. The number of thioether (sulfide) groups is 1. The van der Waals surface area contributed by atoms with Crippen molar-refractivity contribution >= 4 is 28.8 Å². The molecule has 0 radical (unpaired) electrons. The maximum absolute atomic E-state index is 13.1. The van der Waals surface area contributed by atoms with Crippen LogP contribution in [0.2, 0.25) is 0 Å². The quantitative estimate of drug-likeness (QED) is 0.413. The van der Waals surface area contributed by atoms with Crippen molar-refractivity contribution in [2.75, 3.05) is 20.3 Å². The average Bonchev–Trinajstić information content (AvgIpc) is 3.25. The molecule has 9 heteroatoms. The monoisotopic (exact) mass is 495 g/mol. The number of rotatable bonds is 9. The summed E-state index contributed by atoms with van der Waals surface area (Å²) in [7, 11) is 1.54. The van der Waals surface area contributed by atoms with Crippen molar-refractivity contribution in [3.05, 3.63) is 93.9 Å². The van der Waals surface area contributed by atoms with Gasteiger partial charge < -0.3 is 19.7 Å². The molecule has 35 heavy (non-hydrogen) atoms. The number of allylic oxidation sites excluding steroid dienone is 1. The molecule has 1 N–H and O–H groups in total. The molecular formula is C26H26FN3O4S. The Labute approximate surface area is 207 Å². The number of ether oxygens (including phenoxy) is 2. The van der Waals surface area contributed by atoms with Crippen molar-refractivity contribution in [2.45, 2.75) is 25.9 Å². The van der Waals surface area contributed by atoms with Crippen LogP contribution in [0.4, 0.5) is 4.39 Å². The molecule has 0 saturated heterocycles. The molecule has 2 aromatic rings. The number of carbonyl (C=O) groups is 2. The summed E-state index contributed by atoms with van der Waals surface area (Å²) in [4.78, 5) is 32.5. The van der Waals surface area contributed by atoms with Gasteiger partial charge in [-0.2, -0.15) is 0 Å². The Morgan fingerprint density at radius 2 is 1.86 bits per heavy atom. The van der Waals surface area contributed by atoms with Crippen molar-refractivity contribution in [3.63, 3.8) is 0 Å². The number of fused-ring (bicyclic) bond motifs is 1. The van der Waals surface area contributed by atoms with E-state index < -0.39 is 12.0 Å². The summed E-state index contributed by atoms with van der Waals surface area (Å²) in [5, 5.41) is 5.46. The fourth-order valence-corrected chi connectivity index (χ4v) is 4.87. The molecule has 0 spiro atoms. The van der Waals surface area contributed by atoms with E-state index in [0.717, 1.165) is 16.8 Å². The number of methoxy groups -OCH3 is 1. The molecule has 0 aliphatic carbocycles. The van der Waals surface area contributed by atoms with E-state index in [2.05, 4.69) is 10.3 Å². The van der Waals surface area contributed by atoms with Crippen molar-refractivity contribution in [3.8, 4) is 0 Å². The van der Waals surface area contributed by atoms with Gasteiger partial charge in [0.25, 0.3) is 0 Å². The number of hydrogen-bond acceptors (Lipinski definition) is 7. The Balaban J connectivity index is 1.55. The first-order valence-corrected chi connectivity index (χ1v) is 12.0. The molecular weight excluding hydrogens is 469 g/mol. The van der Waals surface area contributed by atoms with E-state index in [0.29, 0.717) is 29.6 Å². The van der Waals surface area contributed by atoms with Crippen LogP contribution in [0.25, 0.3) is 0 Å². The van der Waals surface area contributed by atoms with Gasteiger partial charge in [0.05, 0.1) is 30.3 Å². The fourth-order valence-electron chi connectivity index (χ4n) is 3.91. The third-order valence-corrected chi connectivity index (χ3v) is 6.49. The number of aliphatic imine (C=N–C) groups is 1. The molecule has 0 bridgehead atoms. The van der Waals surface area contributed by atoms with Crippen LogP contribution in [0.5, 0.6) is 0 Å². The van der Waals surface area contributed by atoms with E-state index >= 15 is 0 Å². The predicted molar refractivity (Wildman–Crippen MR) is 133 cm³/mol. The Bertz CT molecular complexity index is 1180. The van der Waals surface area contributed by atoms with Gasteiger partial charge in [-0.3, -0.25) is 4.79 Å². The number of amidine groups is 1. The van der Waals surface area contributed by atoms with Crippen LogP contribution in [-0.2, 0) is 25.6 Å². The molecule has 0 fully saturated rings. The van der Waals surface area contributed by atoms with E-state index in [-0.39, 0.29) is 24.8 Å². The molecule has 1 amide bonds. The second-order valence-corrected chi connectivity index (χ2v) is 8.85. The molecule has 0 saturated carbocycles. The minimum absolute atomic E-state index is 0.0988. The Hall–Kier alpha value is -3.43. The lowest BCUT2D eigenvalue weighted by atomic mass is 9.94. The van der Waals surface area contributed by atoms with Crippen LogP contribution in [0.1, 0.15) is 30.5 Å². The molecule has 0 aromatic heterocycles. The smallest absolute Gasteiger partial charge is 0.338 e. The summed E-state index contributed by atoms with van der Waals surface area (Å²) >= 11 is 1.42. The van der Waals surface area contributed by atoms with Crippen LogP contribution in [-0.4, -0.2) is 42.3 Å². The molecule has 2 heterocycles. The molecule has 4 rings (SSSR count). The van der Waals surface area contributed by atoms with Crippen LogP contribution in [0.15, 0.2) is 82.0 Å². The van der Waals surface area contributed by atoms with Crippen LogP contribution in [0, 0.1) is 5.82 Å². The highest BCUT2D eigenvalue weighted by molar-refractivity contribution is 8.16. The fraction of sp³-hybridized carbons (Fsp3) is 0.269. The molecule has 1 unspecified atom stereocenters. The van der Waals surface area contributed by atoms with Gasteiger partial charge in [-0.25, -0.2) is 14.2 Å². The van der Waals surface area contributed by atoms with Gasteiger partial charge in [0.2, 0.25) is 5.91 Å². The molecule has 2 aromatic carbocycles.